The number of rotatable bonds is 37. The molecule has 290 valence electrons. The Balaban J connectivity index is 4.36. The van der Waals surface area contributed by atoms with Crippen molar-refractivity contribution in [2.75, 3.05) is 13.2 Å². The van der Waals surface area contributed by atoms with E-state index in [1.807, 2.05) is 0 Å². The first-order chi connectivity index (χ1) is 23.8. The molecule has 0 aromatic rings. The van der Waals surface area contributed by atoms with Gasteiger partial charge in [-0.15, -0.1) is 0 Å². The van der Waals surface area contributed by atoms with Gasteiger partial charge in [-0.3, -0.25) is 14.4 Å². The minimum absolute atomic E-state index is 0.0666. The summed E-state index contributed by atoms with van der Waals surface area (Å²) >= 11 is 0. The fourth-order valence-corrected chi connectivity index (χ4v) is 6.19. The molecule has 0 heterocycles. The third-order valence-electron chi connectivity index (χ3n) is 9.83. The second kappa shape index (κ2) is 36.2. The molecule has 0 saturated heterocycles. The van der Waals surface area contributed by atoms with Gasteiger partial charge in [0, 0.05) is 19.3 Å². The van der Waals surface area contributed by atoms with Gasteiger partial charge in [0.1, 0.15) is 13.2 Å². The predicted molar refractivity (Wildman–Crippen MR) is 206 cm³/mol. The summed E-state index contributed by atoms with van der Waals surface area (Å²) in [6.07, 6.45) is 32.4. The summed E-state index contributed by atoms with van der Waals surface area (Å²) in [5, 5.41) is 0. The number of ether oxygens (including phenoxy) is 3. The van der Waals surface area contributed by atoms with Crippen LogP contribution >= 0.6 is 0 Å². The van der Waals surface area contributed by atoms with Crippen molar-refractivity contribution in [2.24, 2.45) is 11.8 Å². The molecule has 49 heavy (non-hydrogen) atoms. The standard InChI is InChI=1S/C43H82O6/c1-6-8-9-10-11-12-13-14-17-23-28-33-41(44)47-36-40(49-43(46)35-30-25-18-15-16-21-26-31-38(3)4)37-48-42(45)34-29-24-20-19-22-27-32-39(5)7-2/h38-40H,6-37H2,1-5H3/t39?,40-/m1/s1. The van der Waals surface area contributed by atoms with E-state index in [1.165, 1.54) is 116 Å². The van der Waals surface area contributed by atoms with E-state index in [0.717, 1.165) is 69.6 Å². The smallest absolute Gasteiger partial charge is 0.306 e. The average Bonchev–Trinajstić information content (AvgIpc) is 3.08. The lowest BCUT2D eigenvalue weighted by Crippen LogP contribution is -2.30. The number of unbranched alkanes of at least 4 members (excludes halogenated alkanes) is 21. The molecule has 1 unspecified atom stereocenters. The zero-order chi connectivity index (χ0) is 36.2. The summed E-state index contributed by atoms with van der Waals surface area (Å²) in [5.74, 6) is 0.724. The number of esters is 3. The first-order valence-electron chi connectivity index (χ1n) is 21.3. The van der Waals surface area contributed by atoms with E-state index in [1.54, 1.807) is 0 Å². The third kappa shape index (κ3) is 36.0. The molecule has 2 atom stereocenters. The topological polar surface area (TPSA) is 78.9 Å². The van der Waals surface area contributed by atoms with Gasteiger partial charge in [0.15, 0.2) is 6.10 Å². The van der Waals surface area contributed by atoms with Crippen LogP contribution in [0.1, 0.15) is 227 Å². The van der Waals surface area contributed by atoms with Crippen molar-refractivity contribution in [2.45, 2.75) is 233 Å². The summed E-state index contributed by atoms with van der Waals surface area (Å²) in [4.78, 5) is 37.5. The van der Waals surface area contributed by atoms with Crippen molar-refractivity contribution in [1.29, 1.82) is 0 Å². The molecule has 6 nitrogen and oxygen atoms in total. The van der Waals surface area contributed by atoms with Crippen LogP contribution in [0.2, 0.25) is 0 Å². The summed E-state index contributed by atoms with van der Waals surface area (Å²) in [6, 6.07) is 0. The Morgan fingerprint density at radius 3 is 1.16 bits per heavy atom. The molecule has 0 spiro atoms. The molecule has 0 radical (unpaired) electrons. The highest BCUT2D eigenvalue weighted by atomic mass is 16.6. The third-order valence-corrected chi connectivity index (χ3v) is 9.83. The first-order valence-corrected chi connectivity index (χ1v) is 21.3. The molecule has 0 aliphatic carbocycles. The van der Waals surface area contributed by atoms with Crippen LogP contribution in [-0.4, -0.2) is 37.2 Å². The highest BCUT2D eigenvalue weighted by Gasteiger charge is 2.19. The molecule has 0 saturated carbocycles. The van der Waals surface area contributed by atoms with Crippen LogP contribution in [0, 0.1) is 11.8 Å². The van der Waals surface area contributed by atoms with Crippen LogP contribution in [0.15, 0.2) is 0 Å². The summed E-state index contributed by atoms with van der Waals surface area (Å²) in [7, 11) is 0. The van der Waals surface area contributed by atoms with Gasteiger partial charge in [-0.1, -0.05) is 189 Å². The van der Waals surface area contributed by atoms with E-state index >= 15 is 0 Å². The number of carbonyl (C=O) groups is 3. The Morgan fingerprint density at radius 1 is 0.429 bits per heavy atom. The molecule has 0 aliphatic heterocycles. The maximum atomic E-state index is 12.6. The largest absolute Gasteiger partial charge is 0.462 e. The molecule has 0 N–H and O–H groups in total. The van der Waals surface area contributed by atoms with Gasteiger partial charge in [-0.05, 0) is 31.1 Å². The summed E-state index contributed by atoms with van der Waals surface area (Å²) in [6.45, 7) is 11.2. The Labute approximate surface area is 304 Å². The Kier molecular flexibility index (Phi) is 35.0. The summed E-state index contributed by atoms with van der Waals surface area (Å²) < 4.78 is 16.6. The molecule has 0 aliphatic rings. The van der Waals surface area contributed by atoms with Crippen LogP contribution in [0.25, 0.3) is 0 Å². The Bertz CT molecular complexity index is 751. The minimum Gasteiger partial charge on any atom is -0.462 e. The SMILES string of the molecule is CCCCCCCCCCCCCC(=O)OC[C@H](COC(=O)CCCCCCCCC(C)CC)OC(=O)CCCCCCCCCC(C)C. The molecular weight excluding hydrogens is 612 g/mol. The molecule has 6 heteroatoms. The average molecular weight is 695 g/mol. The fourth-order valence-electron chi connectivity index (χ4n) is 6.19. The van der Waals surface area contributed by atoms with Crippen molar-refractivity contribution in [3.8, 4) is 0 Å². The molecule has 0 aromatic heterocycles. The lowest BCUT2D eigenvalue weighted by Gasteiger charge is -2.18. The zero-order valence-electron chi connectivity index (χ0n) is 33.3. The van der Waals surface area contributed by atoms with Crippen LogP contribution in [0.5, 0.6) is 0 Å². The van der Waals surface area contributed by atoms with E-state index in [0.29, 0.717) is 19.3 Å². The van der Waals surface area contributed by atoms with E-state index in [4.69, 9.17) is 14.2 Å². The van der Waals surface area contributed by atoms with Crippen molar-refractivity contribution in [3.05, 3.63) is 0 Å². The van der Waals surface area contributed by atoms with Crippen molar-refractivity contribution in [1.82, 2.24) is 0 Å². The monoisotopic (exact) mass is 695 g/mol. The lowest BCUT2D eigenvalue weighted by molar-refractivity contribution is -0.167. The van der Waals surface area contributed by atoms with E-state index in [9.17, 15) is 14.4 Å². The van der Waals surface area contributed by atoms with Crippen LogP contribution in [0.3, 0.4) is 0 Å². The van der Waals surface area contributed by atoms with E-state index < -0.39 is 6.10 Å². The van der Waals surface area contributed by atoms with Gasteiger partial charge < -0.3 is 14.2 Å². The summed E-state index contributed by atoms with van der Waals surface area (Å²) in [5.41, 5.74) is 0. The number of hydrogen-bond donors (Lipinski definition) is 0. The molecule has 0 fully saturated rings. The Morgan fingerprint density at radius 2 is 0.776 bits per heavy atom. The van der Waals surface area contributed by atoms with E-state index in [2.05, 4.69) is 34.6 Å². The minimum atomic E-state index is -0.760. The maximum absolute atomic E-state index is 12.6. The van der Waals surface area contributed by atoms with Gasteiger partial charge in [0.05, 0.1) is 0 Å². The molecule has 0 amide bonds. The van der Waals surface area contributed by atoms with E-state index in [-0.39, 0.29) is 31.1 Å². The number of carbonyl (C=O) groups excluding carboxylic acids is 3. The molecule has 0 bridgehead atoms. The van der Waals surface area contributed by atoms with Crippen molar-refractivity contribution < 1.29 is 28.6 Å². The quantitative estimate of drug-likeness (QED) is 0.0366. The van der Waals surface area contributed by atoms with Gasteiger partial charge in [-0.2, -0.15) is 0 Å². The van der Waals surface area contributed by atoms with Crippen LogP contribution < -0.4 is 0 Å². The molecule has 0 rings (SSSR count). The highest BCUT2D eigenvalue weighted by Crippen LogP contribution is 2.16. The normalized spacial score (nSPS) is 12.6. The Hall–Kier alpha value is -1.59. The van der Waals surface area contributed by atoms with Crippen LogP contribution in [-0.2, 0) is 28.6 Å². The molecular formula is C43H82O6. The zero-order valence-corrected chi connectivity index (χ0v) is 33.3. The second-order valence-corrected chi connectivity index (χ2v) is 15.3. The van der Waals surface area contributed by atoms with Gasteiger partial charge >= 0.3 is 17.9 Å². The first kappa shape index (κ1) is 47.4. The molecule has 0 aromatic carbocycles. The predicted octanol–water partition coefficient (Wildman–Crippen LogP) is 13.0. The van der Waals surface area contributed by atoms with Crippen molar-refractivity contribution >= 4 is 17.9 Å². The highest BCUT2D eigenvalue weighted by molar-refractivity contribution is 5.71. The van der Waals surface area contributed by atoms with Crippen LogP contribution in [0.4, 0.5) is 0 Å². The fraction of sp³-hybridized carbons (Fsp3) is 0.930. The maximum Gasteiger partial charge on any atom is 0.306 e. The number of hydrogen-bond acceptors (Lipinski definition) is 6. The van der Waals surface area contributed by atoms with Gasteiger partial charge in [0.25, 0.3) is 0 Å². The van der Waals surface area contributed by atoms with Gasteiger partial charge in [-0.25, -0.2) is 0 Å². The second-order valence-electron chi connectivity index (χ2n) is 15.3. The van der Waals surface area contributed by atoms with Gasteiger partial charge in [0.2, 0.25) is 0 Å². The van der Waals surface area contributed by atoms with Crippen molar-refractivity contribution in [3.63, 3.8) is 0 Å². The lowest BCUT2D eigenvalue weighted by atomic mass is 10.00.